The summed E-state index contributed by atoms with van der Waals surface area (Å²) in [5.41, 5.74) is 9.31. The average molecular weight is 173 g/mol. The molecule has 1 rings (SSSR count). The standard InChI is InChI=1S/C9H7N3O/c1-2-7-3-5-8(6-4-7)9(13)11-12-10/h2-6H,1H2. The second-order valence-electron chi connectivity index (χ2n) is 2.32. The zero-order valence-electron chi connectivity index (χ0n) is 6.84. The van der Waals surface area contributed by atoms with E-state index in [1.54, 1.807) is 30.3 Å². The predicted octanol–water partition coefficient (Wildman–Crippen LogP) is 2.78. The van der Waals surface area contributed by atoms with Crippen molar-refractivity contribution >= 4 is 12.0 Å². The average Bonchev–Trinajstić information content (AvgIpc) is 2.18. The minimum atomic E-state index is -0.571. The minimum Gasteiger partial charge on any atom is -0.287 e. The molecule has 0 aliphatic heterocycles. The Morgan fingerprint density at radius 2 is 2.08 bits per heavy atom. The fourth-order valence-electron chi connectivity index (χ4n) is 0.860. The van der Waals surface area contributed by atoms with Crippen LogP contribution in [0.1, 0.15) is 15.9 Å². The van der Waals surface area contributed by atoms with Crippen LogP contribution in [-0.4, -0.2) is 5.91 Å². The van der Waals surface area contributed by atoms with E-state index in [4.69, 9.17) is 5.53 Å². The molecule has 1 aromatic rings. The van der Waals surface area contributed by atoms with Crippen LogP contribution in [0.2, 0.25) is 0 Å². The molecule has 0 aromatic heterocycles. The normalized spacial score (nSPS) is 8.62. The summed E-state index contributed by atoms with van der Waals surface area (Å²) >= 11 is 0. The number of hydrogen-bond donors (Lipinski definition) is 0. The second kappa shape index (κ2) is 4.09. The fourth-order valence-corrected chi connectivity index (χ4v) is 0.860. The van der Waals surface area contributed by atoms with E-state index in [2.05, 4.69) is 16.6 Å². The van der Waals surface area contributed by atoms with Crippen molar-refractivity contribution in [1.29, 1.82) is 0 Å². The summed E-state index contributed by atoms with van der Waals surface area (Å²) in [7, 11) is 0. The summed E-state index contributed by atoms with van der Waals surface area (Å²) in [6, 6.07) is 6.64. The molecule has 0 aliphatic carbocycles. The molecule has 13 heavy (non-hydrogen) atoms. The summed E-state index contributed by atoms with van der Waals surface area (Å²) in [5, 5.41) is 2.97. The van der Waals surface area contributed by atoms with E-state index in [-0.39, 0.29) is 0 Å². The zero-order valence-corrected chi connectivity index (χ0v) is 6.84. The molecule has 4 nitrogen and oxygen atoms in total. The Kier molecular flexibility index (Phi) is 2.84. The lowest BCUT2D eigenvalue weighted by atomic mass is 10.1. The third-order valence-electron chi connectivity index (χ3n) is 1.53. The first kappa shape index (κ1) is 9.03. The van der Waals surface area contributed by atoms with Gasteiger partial charge in [0.15, 0.2) is 0 Å². The van der Waals surface area contributed by atoms with Gasteiger partial charge in [-0.05, 0) is 16.2 Å². The molecule has 4 heteroatoms. The van der Waals surface area contributed by atoms with E-state index in [1.807, 2.05) is 0 Å². The number of amides is 1. The van der Waals surface area contributed by atoms with E-state index in [1.165, 1.54) is 0 Å². The number of hydrogen-bond acceptors (Lipinski definition) is 1. The molecule has 0 unspecified atom stereocenters. The van der Waals surface area contributed by atoms with Crippen LogP contribution in [0.5, 0.6) is 0 Å². The minimum absolute atomic E-state index is 0.378. The number of benzene rings is 1. The van der Waals surface area contributed by atoms with Crippen molar-refractivity contribution in [3.05, 3.63) is 52.4 Å². The van der Waals surface area contributed by atoms with Gasteiger partial charge in [-0.1, -0.05) is 36.9 Å². The first-order valence-electron chi connectivity index (χ1n) is 3.60. The monoisotopic (exact) mass is 173 g/mol. The highest BCUT2D eigenvalue weighted by atomic mass is 16.1. The van der Waals surface area contributed by atoms with Crippen molar-refractivity contribution in [3.63, 3.8) is 0 Å². The summed E-state index contributed by atoms with van der Waals surface area (Å²) in [6.07, 6.45) is 1.67. The molecule has 0 heterocycles. The molecule has 0 spiro atoms. The third kappa shape index (κ3) is 2.18. The number of nitrogens with zero attached hydrogens (tertiary/aromatic N) is 3. The van der Waals surface area contributed by atoms with Crippen LogP contribution in [0.4, 0.5) is 0 Å². The summed E-state index contributed by atoms with van der Waals surface area (Å²) in [4.78, 5) is 13.4. The smallest absolute Gasteiger partial charge is 0.249 e. The molecule has 0 N–H and O–H groups in total. The molecular weight excluding hydrogens is 166 g/mol. The van der Waals surface area contributed by atoms with Crippen molar-refractivity contribution in [2.24, 2.45) is 5.11 Å². The van der Waals surface area contributed by atoms with Gasteiger partial charge in [-0.25, -0.2) is 0 Å². The van der Waals surface area contributed by atoms with Crippen molar-refractivity contribution in [1.82, 2.24) is 0 Å². The number of rotatable bonds is 2. The molecule has 1 amide bonds. The van der Waals surface area contributed by atoms with Crippen LogP contribution in [0.3, 0.4) is 0 Å². The first-order chi connectivity index (χ1) is 6.27. The summed E-state index contributed by atoms with van der Waals surface area (Å²) in [5.74, 6) is -0.571. The Morgan fingerprint density at radius 3 is 2.54 bits per heavy atom. The van der Waals surface area contributed by atoms with E-state index < -0.39 is 5.91 Å². The predicted molar refractivity (Wildman–Crippen MR) is 50.0 cm³/mol. The zero-order chi connectivity index (χ0) is 9.68. The second-order valence-corrected chi connectivity index (χ2v) is 2.32. The number of carbonyl (C=O) groups excluding carboxylic acids is 1. The van der Waals surface area contributed by atoms with E-state index in [0.717, 1.165) is 5.56 Å². The SMILES string of the molecule is C=Cc1ccc(C(=O)N=[N+]=[N-])cc1. The highest BCUT2D eigenvalue weighted by Gasteiger charge is 2.00. The fraction of sp³-hybridized carbons (Fsp3) is 0. The Morgan fingerprint density at radius 1 is 1.46 bits per heavy atom. The quantitative estimate of drug-likeness (QED) is 0.385. The topological polar surface area (TPSA) is 65.8 Å². The molecule has 0 fully saturated rings. The maximum Gasteiger partial charge on any atom is 0.249 e. The lowest BCUT2D eigenvalue weighted by Crippen LogP contribution is -1.92. The lowest BCUT2D eigenvalue weighted by Gasteiger charge is -1.94. The highest BCUT2D eigenvalue weighted by molar-refractivity contribution is 5.94. The third-order valence-corrected chi connectivity index (χ3v) is 1.53. The first-order valence-corrected chi connectivity index (χ1v) is 3.60. The Hall–Kier alpha value is -2.06. The van der Waals surface area contributed by atoms with Crippen LogP contribution in [0.25, 0.3) is 16.5 Å². The Balaban J connectivity index is 2.98. The van der Waals surface area contributed by atoms with Crippen LogP contribution in [-0.2, 0) is 0 Å². The number of azide groups is 1. The van der Waals surface area contributed by atoms with Gasteiger partial charge < -0.3 is 0 Å². The van der Waals surface area contributed by atoms with Gasteiger partial charge in [0.1, 0.15) is 0 Å². The van der Waals surface area contributed by atoms with Gasteiger partial charge in [0.25, 0.3) is 0 Å². The largest absolute Gasteiger partial charge is 0.287 e. The maximum atomic E-state index is 11.0. The summed E-state index contributed by atoms with van der Waals surface area (Å²) in [6.45, 7) is 3.57. The molecule has 64 valence electrons. The van der Waals surface area contributed by atoms with Crippen LogP contribution < -0.4 is 0 Å². The van der Waals surface area contributed by atoms with E-state index >= 15 is 0 Å². The Labute approximate surface area is 75.1 Å². The lowest BCUT2D eigenvalue weighted by molar-refractivity contribution is 0.100. The molecule has 0 bridgehead atoms. The molecule has 1 aromatic carbocycles. The highest BCUT2D eigenvalue weighted by Crippen LogP contribution is 2.06. The van der Waals surface area contributed by atoms with Gasteiger partial charge in [0.05, 0.1) is 0 Å². The molecule has 0 saturated carbocycles. The van der Waals surface area contributed by atoms with E-state index in [9.17, 15) is 4.79 Å². The van der Waals surface area contributed by atoms with Gasteiger partial charge in [-0.15, -0.1) is 0 Å². The van der Waals surface area contributed by atoms with Gasteiger partial charge in [-0.2, -0.15) is 0 Å². The molecule has 0 atom stereocenters. The van der Waals surface area contributed by atoms with Gasteiger partial charge >= 0.3 is 0 Å². The maximum absolute atomic E-state index is 11.0. The van der Waals surface area contributed by atoms with Gasteiger partial charge in [0.2, 0.25) is 5.91 Å². The van der Waals surface area contributed by atoms with Crippen LogP contribution in [0, 0.1) is 0 Å². The van der Waals surface area contributed by atoms with Crippen molar-refractivity contribution in [2.45, 2.75) is 0 Å². The Bertz CT molecular complexity index is 374. The van der Waals surface area contributed by atoms with Crippen molar-refractivity contribution < 1.29 is 4.79 Å². The van der Waals surface area contributed by atoms with Crippen molar-refractivity contribution in [2.75, 3.05) is 0 Å². The molecule has 0 saturated heterocycles. The van der Waals surface area contributed by atoms with Crippen LogP contribution in [0.15, 0.2) is 36.0 Å². The summed E-state index contributed by atoms with van der Waals surface area (Å²) < 4.78 is 0. The van der Waals surface area contributed by atoms with E-state index in [0.29, 0.717) is 5.56 Å². The van der Waals surface area contributed by atoms with Crippen molar-refractivity contribution in [3.8, 4) is 0 Å². The molecule has 0 radical (unpaired) electrons. The molecular formula is C9H7N3O. The van der Waals surface area contributed by atoms with Crippen LogP contribution >= 0.6 is 0 Å². The van der Waals surface area contributed by atoms with Gasteiger partial charge in [0, 0.05) is 10.5 Å². The number of carbonyl (C=O) groups is 1. The molecule has 0 aliphatic rings. The van der Waals surface area contributed by atoms with Gasteiger partial charge in [-0.3, -0.25) is 4.79 Å².